The molecule has 4 nitrogen and oxygen atoms in total. The fraction of sp³-hybridized carbons (Fsp3) is 0.917. The Hall–Kier alpha value is -0.610. The highest BCUT2D eigenvalue weighted by atomic mass is 16.6. The molecule has 4 heteroatoms. The van der Waals surface area contributed by atoms with Crippen molar-refractivity contribution in [2.75, 3.05) is 6.61 Å². The van der Waals surface area contributed by atoms with E-state index in [0.717, 1.165) is 25.7 Å². The van der Waals surface area contributed by atoms with E-state index >= 15 is 0 Å². The lowest BCUT2D eigenvalue weighted by Gasteiger charge is -2.49. The van der Waals surface area contributed by atoms with E-state index in [1.807, 2.05) is 13.8 Å². The van der Waals surface area contributed by atoms with Gasteiger partial charge in [0, 0.05) is 0 Å². The van der Waals surface area contributed by atoms with Crippen molar-refractivity contribution >= 4 is 5.97 Å². The Kier molecular flexibility index (Phi) is 2.97. The van der Waals surface area contributed by atoms with E-state index < -0.39 is 11.1 Å². The molecule has 1 heterocycles. The maximum atomic E-state index is 12.0. The third kappa shape index (κ3) is 1.74. The number of esters is 1. The number of cyclic esters (lactones) is 1. The first-order valence-corrected chi connectivity index (χ1v) is 6.15. The maximum absolute atomic E-state index is 12.0. The van der Waals surface area contributed by atoms with Crippen LogP contribution in [0.25, 0.3) is 0 Å². The molecule has 0 atom stereocenters. The number of carbonyl (C=O) groups is 1. The lowest BCUT2D eigenvalue weighted by atomic mass is 9.84. The Balaban J connectivity index is 2.29. The van der Waals surface area contributed by atoms with Gasteiger partial charge in [0.2, 0.25) is 0 Å². The van der Waals surface area contributed by atoms with E-state index in [9.17, 15) is 10.0 Å². The van der Waals surface area contributed by atoms with Gasteiger partial charge in [0.05, 0.1) is 5.54 Å². The summed E-state index contributed by atoms with van der Waals surface area (Å²) in [5, 5.41) is 11.6. The molecule has 2 aliphatic rings. The van der Waals surface area contributed by atoms with E-state index in [1.165, 1.54) is 5.06 Å². The van der Waals surface area contributed by atoms with Gasteiger partial charge in [-0.3, -0.25) is 0 Å². The van der Waals surface area contributed by atoms with Crippen molar-refractivity contribution in [2.45, 2.75) is 63.5 Å². The molecule has 0 radical (unpaired) electrons. The molecule has 1 spiro atoms. The molecule has 1 N–H and O–H groups in total. The van der Waals surface area contributed by atoms with Crippen LogP contribution < -0.4 is 0 Å². The molecule has 1 saturated carbocycles. The number of rotatable bonds is 0. The summed E-state index contributed by atoms with van der Waals surface area (Å²) in [6, 6.07) is 0. The van der Waals surface area contributed by atoms with Crippen LogP contribution in [0.4, 0.5) is 0 Å². The summed E-state index contributed by atoms with van der Waals surface area (Å²) in [5.41, 5.74) is -1.25. The zero-order valence-electron chi connectivity index (χ0n) is 10.2. The molecule has 1 aliphatic carbocycles. The lowest BCUT2D eigenvalue weighted by Crippen LogP contribution is -2.66. The van der Waals surface area contributed by atoms with Gasteiger partial charge in [0.25, 0.3) is 0 Å². The summed E-state index contributed by atoms with van der Waals surface area (Å²) in [7, 11) is 0. The van der Waals surface area contributed by atoms with Gasteiger partial charge in [-0.05, 0) is 26.7 Å². The molecule has 0 aromatic heterocycles. The molecule has 16 heavy (non-hydrogen) atoms. The molecule has 0 unspecified atom stereocenters. The molecule has 0 aromatic carbocycles. The van der Waals surface area contributed by atoms with Crippen molar-refractivity contribution in [3.63, 3.8) is 0 Å². The third-order valence-corrected chi connectivity index (χ3v) is 3.85. The van der Waals surface area contributed by atoms with Crippen LogP contribution in [0.1, 0.15) is 52.4 Å². The largest absolute Gasteiger partial charge is 0.462 e. The van der Waals surface area contributed by atoms with Gasteiger partial charge in [-0.15, -0.1) is 0 Å². The highest BCUT2D eigenvalue weighted by molar-refractivity contribution is 5.81. The molecule has 92 valence electrons. The second kappa shape index (κ2) is 4.00. The summed E-state index contributed by atoms with van der Waals surface area (Å²) in [4.78, 5) is 12.0. The zero-order valence-corrected chi connectivity index (χ0v) is 10.2. The van der Waals surface area contributed by atoms with Crippen molar-refractivity contribution in [3.8, 4) is 0 Å². The van der Waals surface area contributed by atoms with E-state index in [1.54, 1.807) is 0 Å². The van der Waals surface area contributed by atoms with Crippen molar-refractivity contribution in [2.24, 2.45) is 0 Å². The van der Waals surface area contributed by atoms with Gasteiger partial charge in [-0.25, -0.2) is 4.79 Å². The van der Waals surface area contributed by atoms with Crippen molar-refractivity contribution in [1.82, 2.24) is 5.06 Å². The standard InChI is InChI=1S/C12H21NO3/c1-11(2)9-16-10(14)12(13(11)15)7-5-3-4-6-8-12/h15H,3-9H2,1-2H3. The van der Waals surface area contributed by atoms with Crippen LogP contribution in [0.3, 0.4) is 0 Å². The van der Waals surface area contributed by atoms with E-state index in [-0.39, 0.29) is 12.6 Å². The van der Waals surface area contributed by atoms with Crippen LogP contribution in [0.5, 0.6) is 0 Å². The van der Waals surface area contributed by atoms with Crippen LogP contribution in [0, 0.1) is 0 Å². The lowest BCUT2D eigenvalue weighted by molar-refractivity contribution is -0.275. The van der Waals surface area contributed by atoms with E-state index in [4.69, 9.17) is 4.74 Å². The molecular weight excluding hydrogens is 206 g/mol. The average molecular weight is 227 g/mol. The summed E-state index contributed by atoms with van der Waals surface area (Å²) in [6.45, 7) is 4.09. The Morgan fingerprint density at radius 3 is 2.31 bits per heavy atom. The Labute approximate surface area is 96.5 Å². The highest BCUT2D eigenvalue weighted by Crippen LogP contribution is 2.39. The molecule has 1 aliphatic heterocycles. The first-order valence-electron chi connectivity index (χ1n) is 6.15. The number of hydroxylamine groups is 2. The number of nitrogens with zero attached hydrogens (tertiary/aromatic N) is 1. The number of ether oxygens (including phenoxy) is 1. The predicted molar refractivity (Wildman–Crippen MR) is 59.1 cm³/mol. The predicted octanol–water partition coefficient (Wildman–Crippen LogP) is 2.11. The van der Waals surface area contributed by atoms with E-state index in [2.05, 4.69) is 0 Å². The number of carbonyl (C=O) groups excluding carboxylic acids is 1. The SMILES string of the molecule is CC1(C)COC(=O)C2(CCCCCC2)N1O. The minimum Gasteiger partial charge on any atom is -0.462 e. The second-order valence-electron chi connectivity index (χ2n) is 5.65. The van der Waals surface area contributed by atoms with Crippen LogP contribution in [0.2, 0.25) is 0 Å². The molecule has 0 aromatic rings. The van der Waals surface area contributed by atoms with Crippen LogP contribution in [0.15, 0.2) is 0 Å². The zero-order chi connectivity index (χ0) is 11.8. The molecular formula is C12H21NO3. The second-order valence-corrected chi connectivity index (χ2v) is 5.65. The summed E-state index contributed by atoms with van der Waals surface area (Å²) in [5.74, 6) is -0.240. The summed E-state index contributed by atoms with van der Waals surface area (Å²) < 4.78 is 5.27. The van der Waals surface area contributed by atoms with Crippen LogP contribution >= 0.6 is 0 Å². The molecule has 2 fully saturated rings. The van der Waals surface area contributed by atoms with Gasteiger partial charge < -0.3 is 9.94 Å². The summed E-state index contributed by atoms with van der Waals surface area (Å²) in [6.07, 6.45) is 5.69. The smallest absolute Gasteiger partial charge is 0.329 e. The fourth-order valence-corrected chi connectivity index (χ4v) is 2.83. The molecule has 1 saturated heterocycles. The Morgan fingerprint density at radius 2 is 1.75 bits per heavy atom. The van der Waals surface area contributed by atoms with Crippen LogP contribution in [-0.2, 0) is 9.53 Å². The van der Waals surface area contributed by atoms with Gasteiger partial charge in [-0.1, -0.05) is 25.7 Å². The number of hydrogen-bond donors (Lipinski definition) is 1. The number of hydrogen-bond acceptors (Lipinski definition) is 4. The Morgan fingerprint density at radius 1 is 1.19 bits per heavy atom. The van der Waals surface area contributed by atoms with Crippen molar-refractivity contribution in [1.29, 1.82) is 0 Å². The monoisotopic (exact) mass is 227 g/mol. The third-order valence-electron chi connectivity index (χ3n) is 3.85. The topological polar surface area (TPSA) is 49.8 Å². The van der Waals surface area contributed by atoms with Gasteiger partial charge >= 0.3 is 5.97 Å². The van der Waals surface area contributed by atoms with Crippen molar-refractivity contribution in [3.05, 3.63) is 0 Å². The average Bonchev–Trinajstić information content (AvgIpc) is 2.49. The van der Waals surface area contributed by atoms with E-state index in [0.29, 0.717) is 12.8 Å². The normalized spacial score (nSPS) is 29.8. The molecule has 0 bridgehead atoms. The quantitative estimate of drug-likeness (QED) is 0.644. The molecule has 0 amide bonds. The maximum Gasteiger partial charge on any atom is 0.329 e. The Bertz CT molecular complexity index is 280. The first kappa shape index (κ1) is 11.9. The first-order chi connectivity index (χ1) is 7.49. The molecule has 2 rings (SSSR count). The van der Waals surface area contributed by atoms with Crippen molar-refractivity contribution < 1.29 is 14.7 Å². The van der Waals surface area contributed by atoms with Gasteiger partial charge in [0.1, 0.15) is 12.1 Å². The van der Waals surface area contributed by atoms with Gasteiger partial charge in [-0.2, -0.15) is 5.06 Å². The fourth-order valence-electron chi connectivity index (χ4n) is 2.83. The summed E-state index contributed by atoms with van der Waals surface area (Å²) >= 11 is 0. The minimum absolute atomic E-state index is 0.240. The number of morpholine rings is 1. The minimum atomic E-state index is -0.780. The van der Waals surface area contributed by atoms with Crippen LogP contribution in [-0.4, -0.2) is 33.9 Å². The highest BCUT2D eigenvalue weighted by Gasteiger charge is 2.54. The van der Waals surface area contributed by atoms with Gasteiger partial charge in [0.15, 0.2) is 0 Å².